The molecule has 2 unspecified atom stereocenters. The molecule has 1 aromatic carbocycles. The maximum absolute atomic E-state index is 4.48. The number of benzene rings is 1. The summed E-state index contributed by atoms with van der Waals surface area (Å²) in [5.74, 6) is 1.65. The summed E-state index contributed by atoms with van der Waals surface area (Å²) in [7, 11) is 4.02. The highest BCUT2D eigenvalue weighted by molar-refractivity contribution is 5.50. The average Bonchev–Trinajstić information content (AvgIpc) is 2.51. The van der Waals surface area contributed by atoms with Gasteiger partial charge in [-0.25, -0.2) is 4.98 Å². The maximum atomic E-state index is 4.48. The van der Waals surface area contributed by atoms with E-state index in [1.165, 1.54) is 24.0 Å². The van der Waals surface area contributed by atoms with Crippen molar-refractivity contribution >= 4 is 11.5 Å². The van der Waals surface area contributed by atoms with Crippen molar-refractivity contribution in [2.45, 2.75) is 31.7 Å². The number of aromatic nitrogens is 1. The van der Waals surface area contributed by atoms with Crippen LogP contribution in [0.1, 0.15) is 42.9 Å². The minimum Gasteiger partial charge on any atom is -0.377 e. The van der Waals surface area contributed by atoms with Crippen molar-refractivity contribution in [1.82, 2.24) is 4.98 Å². The van der Waals surface area contributed by atoms with Crippen LogP contribution in [0, 0.1) is 0 Å². The molecule has 1 aliphatic carbocycles. The van der Waals surface area contributed by atoms with Gasteiger partial charge < -0.3 is 10.2 Å². The van der Waals surface area contributed by atoms with E-state index in [0.717, 1.165) is 11.5 Å². The van der Waals surface area contributed by atoms with E-state index in [9.17, 15) is 0 Å². The number of hydrogen-bond acceptors (Lipinski definition) is 3. The lowest BCUT2D eigenvalue weighted by molar-refractivity contribution is 0.534. The second kappa shape index (κ2) is 5.76. The number of pyridine rings is 1. The first-order valence-corrected chi connectivity index (χ1v) is 7.64. The minimum atomic E-state index is 0.393. The molecule has 0 saturated carbocycles. The summed E-state index contributed by atoms with van der Waals surface area (Å²) in [5, 5.41) is 3.64. The van der Waals surface area contributed by atoms with E-state index in [4.69, 9.17) is 0 Å². The van der Waals surface area contributed by atoms with Crippen LogP contribution in [-0.4, -0.2) is 19.1 Å². The van der Waals surface area contributed by atoms with Crippen LogP contribution in [0.4, 0.5) is 11.5 Å². The van der Waals surface area contributed by atoms with Crippen LogP contribution in [0.5, 0.6) is 0 Å². The predicted octanol–water partition coefficient (Wildman–Crippen LogP) is 4.20. The molecule has 2 atom stereocenters. The van der Waals surface area contributed by atoms with Gasteiger partial charge in [0.25, 0.3) is 0 Å². The van der Waals surface area contributed by atoms with Gasteiger partial charge in [-0.05, 0) is 42.0 Å². The molecule has 1 aliphatic rings. The number of fused-ring (bicyclic) bond motifs is 1. The Balaban J connectivity index is 1.81. The fourth-order valence-corrected chi connectivity index (χ4v) is 3.09. The summed E-state index contributed by atoms with van der Waals surface area (Å²) < 4.78 is 0. The second-order valence-corrected chi connectivity index (χ2v) is 6.10. The minimum absolute atomic E-state index is 0.393. The third-order valence-corrected chi connectivity index (χ3v) is 4.34. The first kappa shape index (κ1) is 13.9. The van der Waals surface area contributed by atoms with Gasteiger partial charge in [0.05, 0.1) is 17.9 Å². The predicted molar refractivity (Wildman–Crippen MR) is 89.0 cm³/mol. The lowest BCUT2D eigenvalue weighted by Crippen LogP contribution is -2.19. The zero-order chi connectivity index (χ0) is 14.8. The van der Waals surface area contributed by atoms with E-state index in [-0.39, 0.29) is 0 Å². The van der Waals surface area contributed by atoms with Gasteiger partial charge in [0, 0.05) is 14.1 Å². The highest BCUT2D eigenvalue weighted by Crippen LogP contribution is 2.38. The van der Waals surface area contributed by atoms with Gasteiger partial charge in [-0.1, -0.05) is 31.2 Å². The Morgan fingerprint density at radius 2 is 1.81 bits per heavy atom. The fourth-order valence-electron chi connectivity index (χ4n) is 3.09. The third-order valence-electron chi connectivity index (χ3n) is 4.34. The van der Waals surface area contributed by atoms with Gasteiger partial charge in [0.1, 0.15) is 5.82 Å². The van der Waals surface area contributed by atoms with E-state index in [1.54, 1.807) is 0 Å². The molecule has 1 N–H and O–H groups in total. The molecule has 3 heteroatoms. The van der Waals surface area contributed by atoms with E-state index in [0.29, 0.717) is 12.0 Å². The van der Waals surface area contributed by atoms with Crippen molar-refractivity contribution in [3.63, 3.8) is 0 Å². The Morgan fingerprint density at radius 1 is 1.05 bits per heavy atom. The van der Waals surface area contributed by atoms with Crippen molar-refractivity contribution < 1.29 is 0 Å². The molecule has 2 aromatic rings. The summed E-state index contributed by atoms with van der Waals surface area (Å²) in [6, 6.07) is 13.4. The average molecular weight is 281 g/mol. The van der Waals surface area contributed by atoms with E-state index < -0.39 is 0 Å². The van der Waals surface area contributed by atoms with Crippen LogP contribution in [-0.2, 0) is 0 Å². The van der Waals surface area contributed by atoms with Crippen molar-refractivity contribution in [2.75, 3.05) is 24.3 Å². The van der Waals surface area contributed by atoms with Gasteiger partial charge in [-0.2, -0.15) is 0 Å². The lowest BCUT2D eigenvalue weighted by Gasteiger charge is -2.31. The molecule has 3 rings (SSSR count). The van der Waals surface area contributed by atoms with E-state index >= 15 is 0 Å². The highest BCUT2D eigenvalue weighted by atomic mass is 15.1. The van der Waals surface area contributed by atoms with Crippen LogP contribution in [0.3, 0.4) is 0 Å². The molecule has 0 spiro atoms. The second-order valence-electron chi connectivity index (χ2n) is 6.10. The highest BCUT2D eigenvalue weighted by Gasteiger charge is 2.24. The van der Waals surface area contributed by atoms with Gasteiger partial charge >= 0.3 is 0 Å². The number of rotatable bonds is 3. The lowest BCUT2D eigenvalue weighted by atomic mass is 9.81. The third kappa shape index (κ3) is 2.87. The monoisotopic (exact) mass is 281 g/mol. The quantitative estimate of drug-likeness (QED) is 0.914. The Hall–Kier alpha value is -2.03. The van der Waals surface area contributed by atoms with Gasteiger partial charge in [0.2, 0.25) is 0 Å². The number of nitrogens with one attached hydrogen (secondary N) is 1. The Kier molecular flexibility index (Phi) is 3.82. The van der Waals surface area contributed by atoms with Crippen LogP contribution in [0.25, 0.3) is 0 Å². The molecule has 0 radical (unpaired) electrons. The standard InChI is InChI=1S/C18H23N3/c1-13-8-10-17(16-7-5-4-6-15(13)16)20-14-9-11-18(19-12-14)21(2)3/h4-7,9,11-13,17,20H,8,10H2,1-3H3. The molecule has 0 bridgehead atoms. The molecule has 1 heterocycles. The first-order chi connectivity index (χ1) is 10.1. The molecule has 0 amide bonds. The molecule has 0 fully saturated rings. The summed E-state index contributed by atoms with van der Waals surface area (Å²) >= 11 is 0. The molecule has 21 heavy (non-hydrogen) atoms. The van der Waals surface area contributed by atoms with Crippen LogP contribution >= 0.6 is 0 Å². The topological polar surface area (TPSA) is 28.2 Å². The van der Waals surface area contributed by atoms with Gasteiger partial charge in [-0.3, -0.25) is 0 Å². The molecule has 110 valence electrons. The SMILES string of the molecule is CC1CCC(Nc2ccc(N(C)C)nc2)c2ccccc21. The summed E-state index contributed by atoms with van der Waals surface area (Å²) in [4.78, 5) is 6.49. The summed E-state index contributed by atoms with van der Waals surface area (Å²) in [6.45, 7) is 2.32. The van der Waals surface area contributed by atoms with Crippen LogP contribution in [0.2, 0.25) is 0 Å². The van der Waals surface area contributed by atoms with Crippen LogP contribution < -0.4 is 10.2 Å². The zero-order valence-corrected chi connectivity index (χ0v) is 13.0. The van der Waals surface area contributed by atoms with E-state index in [2.05, 4.69) is 53.6 Å². The molecule has 1 aromatic heterocycles. The molecule has 3 nitrogen and oxygen atoms in total. The number of nitrogens with zero attached hydrogens (tertiary/aromatic N) is 2. The largest absolute Gasteiger partial charge is 0.377 e. The maximum Gasteiger partial charge on any atom is 0.128 e. The van der Waals surface area contributed by atoms with Crippen LogP contribution in [0.15, 0.2) is 42.6 Å². The zero-order valence-electron chi connectivity index (χ0n) is 13.0. The van der Waals surface area contributed by atoms with Crippen molar-refractivity contribution in [3.05, 3.63) is 53.7 Å². The number of anilines is 2. The number of hydrogen-bond donors (Lipinski definition) is 1. The summed E-state index contributed by atoms with van der Waals surface area (Å²) in [6.07, 6.45) is 4.33. The van der Waals surface area contributed by atoms with Crippen molar-refractivity contribution in [1.29, 1.82) is 0 Å². The van der Waals surface area contributed by atoms with E-state index in [1.807, 2.05) is 25.2 Å². The fraction of sp³-hybridized carbons (Fsp3) is 0.389. The van der Waals surface area contributed by atoms with Gasteiger partial charge in [0.15, 0.2) is 0 Å². The molecule has 0 aliphatic heterocycles. The first-order valence-electron chi connectivity index (χ1n) is 7.64. The molecule has 0 saturated heterocycles. The summed E-state index contributed by atoms with van der Waals surface area (Å²) in [5.41, 5.74) is 4.02. The molecular weight excluding hydrogens is 258 g/mol. The Bertz CT molecular complexity index is 604. The normalized spacial score (nSPS) is 20.7. The Morgan fingerprint density at radius 3 is 2.48 bits per heavy atom. The van der Waals surface area contributed by atoms with Gasteiger partial charge in [-0.15, -0.1) is 0 Å². The smallest absolute Gasteiger partial charge is 0.128 e. The van der Waals surface area contributed by atoms with Crippen molar-refractivity contribution in [2.24, 2.45) is 0 Å². The molecular formula is C18H23N3. The van der Waals surface area contributed by atoms with Crippen molar-refractivity contribution in [3.8, 4) is 0 Å². The Labute approximate surface area is 127 Å².